The fourth-order valence-electron chi connectivity index (χ4n) is 2.57. The van der Waals surface area contributed by atoms with E-state index in [2.05, 4.69) is 12.2 Å². The zero-order chi connectivity index (χ0) is 16.0. The van der Waals surface area contributed by atoms with E-state index in [1.807, 2.05) is 36.1 Å². The number of pyridine rings is 1. The molecule has 1 amide bonds. The number of rotatable bonds is 12. The molecule has 0 aromatic carbocycles. The number of aryl methyl sites for hydroxylation is 1. The Morgan fingerprint density at radius 2 is 1.39 bits per heavy atom. The molecule has 1 N–H and O–H groups in total. The fourth-order valence-corrected chi connectivity index (χ4v) is 2.57. The Morgan fingerprint density at radius 3 is 1.91 bits per heavy atom. The highest BCUT2D eigenvalue weighted by molar-refractivity contribution is 5.93. The zero-order valence-corrected chi connectivity index (χ0v) is 17.0. The SMILES string of the molecule is CCCCCCCCCCCCNC(=O)c1cc[n+](C)cc1.[I-]. The van der Waals surface area contributed by atoms with Crippen molar-refractivity contribution in [3.05, 3.63) is 30.1 Å². The van der Waals surface area contributed by atoms with Crippen LogP contribution in [0, 0.1) is 0 Å². The molecule has 1 aromatic rings. The largest absolute Gasteiger partial charge is 1.00 e. The summed E-state index contributed by atoms with van der Waals surface area (Å²) >= 11 is 0. The second kappa shape index (κ2) is 14.9. The van der Waals surface area contributed by atoms with E-state index in [0.717, 1.165) is 18.5 Å². The number of carbonyl (C=O) groups excluding carboxylic acids is 1. The Kier molecular flexibility index (Phi) is 14.5. The molecule has 0 atom stereocenters. The van der Waals surface area contributed by atoms with Crippen LogP contribution in [-0.2, 0) is 7.05 Å². The highest BCUT2D eigenvalue weighted by atomic mass is 127. The van der Waals surface area contributed by atoms with E-state index in [1.54, 1.807) is 0 Å². The minimum atomic E-state index is 0. The molecular weight excluding hydrogens is 399 g/mol. The lowest BCUT2D eigenvalue weighted by Gasteiger charge is -2.05. The molecule has 0 saturated heterocycles. The maximum atomic E-state index is 11.9. The molecule has 0 fully saturated rings. The Labute approximate surface area is 159 Å². The summed E-state index contributed by atoms with van der Waals surface area (Å²) in [5.41, 5.74) is 0.741. The summed E-state index contributed by atoms with van der Waals surface area (Å²) in [5.74, 6) is 0.0384. The second-order valence-corrected chi connectivity index (χ2v) is 6.19. The predicted molar refractivity (Wildman–Crippen MR) is 91.8 cm³/mol. The van der Waals surface area contributed by atoms with Gasteiger partial charge in [0.25, 0.3) is 5.91 Å². The Balaban J connectivity index is 0.00000484. The van der Waals surface area contributed by atoms with E-state index in [9.17, 15) is 4.79 Å². The molecule has 23 heavy (non-hydrogen) atoms. The third-order valence-electron chi connectivity index (χ3n) is 4.06. The second-order valence-electron chi connectivity index (χ2n) is 6.19. The number of hydrogen-bond acceptors (Lipinski definition) is 1. The number of aromatic nitrogens is 1. The van der Waals surface area contributed by atoms with Gasteiger partial charge in [0.1, 0.15) is 7.05 Å². The minimum absolute atomic E-state index is 0. The van der Waals surface area contributed by atoms with Crippen molar-refractivity contribution in [1.82, 2.24) is 5.32 Å². The van der Waals surface area contributed by atoms with Crippen molar-refractivity contribution in [2.24, 2.45) is 7.05 Å². The average Bonchev–Trinajstić information content (AvgIpc) is 2.53. The van der Waals surface area contributed by atoms with Crippen LogP contribution in [0.2, 0.25) is 0 Å². The van der Waals surface area contributed by atoms with Gasteiger partial charge in [0.05, 0.1) is 5.56 Å². The third kappa shape index (κ3) is 11.5. The van der Waals surface area contributed by atoms with E-state index in [0.29, 0.717) is 0 Å². The van der Waals surface area contributed by atoms with Gasteiger partial charge in [0.15, 0.2) is 12.4 Å². The van der Waals surface area contributed by atoms with Crippen LogP contribution in [0.5, 0.6) is 0 Å². The molecule has 0 radical (unpaired) electrons. The maximum absolute atomic E-state index is 11.9. The van der Waals surface area contributed by atoms with Crippen LogP contribution in [0.15, 0.2) is 24.5 Å². The van der Waals surface area contributed by atoms with Gasteiger partial charge in [-0.2, -0.15) is 0 Å². The third-order valence-corrected chi connectivity index (χ3v) is 4.06. The van der Waals surface area contributed by atoms with Gasteiger partial charge in [-0.15, -0.1) is 0 Å². The van der Waals surface area contributed by atoms with Crippen LogP contribution in [0.25, 0.3) is 0 Å². The molecule has 0 bridgehead atoms. The molecule has 0 unspecified atom stereocenters. The number of amides is 1. The van der Waals surface area contributed by atoms with Crippen molar-refractivity contribution in [2.75, 3.05) is 6.54 Å². The van der Waals surface area contributed by atoms with Crippen LogP contribution < -0.4 is 33.9 Å². The zero-order valence-electron chi connectivity index (χ0n) is 14.8. The molecule has 0 aliphatic rings. The van der Waals surface area contributed by atoms with Crippen LogP contribution in [0.4, 0.5) is 0 Å². The number of hydrogen-bond donors (Lipinski definition) is 1. The van der Waals surface area contributed by atoms with Crippen LogP contribution in [0.1, 0.15) is 81.5 Å². The molecule has 1 heterocycles. The van der Waals surface area contributed by atoms with E-state index in [1.165, 1.54) is 57.8 Å². The van der Waals surface area contributed by atoms with Crippen LogP contribution in [-0.4, -0.2) is 12.5 Å². The normalized spacial score (nSPS) is 10.2. The Bertz CT molecular complexity index is 406. The van der Waals surface area contributed by atoms with Crippen molar-refractivity contribution >= 4 is 5.91 Å². The first-order valence-corrected chi connectivity index (χ1v) is 8.97. The molecular formula is C19H33IN2O. The quantitative estimate of drug-likeness (QED) is 0.300. The molecule has 0 aliphatic heterocycles. The number of halogens is 1. The first-order valence-electron chi connectivity index (χ1n) is 8.97. The Morgan fingerprint density at radius 1 is 0.913 bits per heavy atom. The number of unbranched alkanes of at least 4 members (excludes halogenated alkanes) is 9. The monoisotopic (exact) mass is 432 g/mol. The first kappa shape index (κ1) is 22.4. The van der Waals surface area contributed by atoms with Gasteiger partial charge >= 0.3 is 0 Å². The summed E-state index contributed by atoms with van der Waals surface area (Å²) in [7, 11) is 1.95. The number of nitrogens with zero attached hydrogens (tertiary/aromatic N) is 1. The Hall–Kier alpha value is -0.650. The lowest BCUT2D eigenvalue weighted by molar-refractivity contribution is -0.671. The summed E-state index contributed by atoms with van der Waals surface area (Å²) in [4.78, 5) is 11.9. The highest BCUT2D eigenvalue weighted by Crippen LogP contribution is 2.10. The van der Waals surface area contributed by atoms with E-state index < -0.39 is 0 Å². The van der Waals surface area contributed by atoms with Crippen molar-refractivity contribution in [3.8, 4) is 0 Å². The molecule has 3 nitrogen and oxygen atoms in total. The van der Waals surface area contributed by atoms with Gasteiger partial charge in [-0.3, -0.25) is 4.79 Å². The van der Waals surface area contributed by atoms with Gasteiger partial charge < -0.3 is 29.3 Å². The summed E-state index contributed by atoms with van der Waals surface area (Å²) in [5, 5.41) is 3.00. The summed E-state index contributed by atoms with van der Waals surface area (Å²) in [6, 6.07) is 3.71. The van der Waals surface area contributed by atoms with Gasteiger partial charge in [-0.25, -0.2) is 4.57 Å². The molecule has 0 saturated carbocycles. The average molecular weight is 432 g/mol. The van der Waals surface area contributed by atoms with Gasteiger partial charge in [-0.1, -0.05) is 64.7 Å². The van der Waals surface area contributed by atoms with Crippen LogP contribution >= 0.6 is 0 Å². The first-order chi connectivity index (χ1) is 10.7. The topological polar surface area (TPSA) is 33.0 Å². The lowest BCUT2D eigenvalue weighted by Crippen LogP contribution is -3.00. The maximum Gasteiger partial charge on any atom is 0.251 e. The van der Waals surface area contributed by atoms with E-state index >= 15 is 0 Å². The van der Waals surface area contributed by atoms with E-state index in [4.69, 9.17) is 0 Å². The van der Waals surface area contributed by atoms with Crippen molar-refractivity contribution in [3.63, 3.8) is 0 Å². The molecule has 1 rings (SSSR count). The van der Waals surface area contributed by atoms with Crippen molar-refractivity contribution < 1.29 is 33.3 Å². The standard InChI is InChI=1S/C19H32N2O.HI/c1-3-4-5-6-7-8-9-10-11-12-15-20-19(22)18-13-16-21(2)17-14-18;/h13-14,16-17H,3-12,15H2,1-2H3;1H. The summed E-state index contributed by atoms with van der Waals surface area (Å²) in [6.45, 7) is 3.05. The highest BCUT2D eigenvalue weighted by Gasteiger charge is 2.05. The molecule has 1 aromatic heterocycles. The molecule has 132 valence electrons. The lowest BCUT2D eigenvalue weighted by atomic mass is 10.1. The summed E-state index contributed by atoms with van der Waals surface area (Å²) < 4.78 is 1.93. The number of nitrogens with one attached hydrogen (secondary N) is 1. The van der Waals surface area contributed by atoms with Gasteiger partial charge in [0.2, 0.25) is 0 Å². The van der Waals surface area contributed by atoms with Gasteiger partial charge in [0, 0.05) is 18.7 Å². The molecule has 0 spiro atoms. The van der Waals surface area contributed by atoms with Crippen molar-refractivity contribution in [2.45, 2.75) is 71.1 Å². The predicted octanol–water partition coefficient (Wildman–Crippen LogP) is 1.17. The van der Waals surface area contributed by atoms with E-state index in [-0.39, 0.29) is 29.9 Å². The van der Waals surface area contributed by atoms with Gasteiger partial charge in [-0.05, 0) is 6.42 Å². The van der Waals surface area contributed by atoms with Crippen molar-refractivity contribution in [1.29, 1.82) is 0 Å². The number of carbonyl (C=O) groups is 1. The molecule has 4 heteroatoms. The fraction of sp³-hybridized carbons (Fsp3) is 0.684. The van der Waals surface area contributed by atoms with Crippen LogP contribution in [0.3, 0.4) is 0 Å². The smallest absolute Gasteiger partial charge is 0.251 e. The summed E-state index contributed by atoms with van der Waals surface area (Å²) in [6.07, 6.45) is 17.0. The molecule has 0 aliphatic carbocycles. The minimum Gasteiger partial charge on any atom is -1.00 e.